The van der Waals surface area contributed by atoms with E-state index in [0.717, 1.165) is 5.56 Å². The number of rotatable bonds is 6. The molecule has 88 valence electrons. The predicted molar refractivity (Wildman–Crippen MR) is 60.5 cm³/mol. The highest BCUT2D eigenvalue weighted by molar-refractivity contribution is 5.77. The second-order valence-electron chi connectivity index (χ2n) is 3.82. The maximum atomic E-state index is 11.3. The first kappa shape index (κ1) is 12.7. The van der Waals surface area contributed by atoms with E-state index in [1.54, 1.807) is 0 Å². The van der Waals surface area contributed by atoms with Gasteiger partial charge in [0, 0.05) is 25.0 Å². The van der Waals surface area contributed by atoms with Crippen molar-refractivity contribution in [2.75, 3.05) is 13.2 Å². The number of aliphatic hydroxyl groups is 2. The number of nitrogens with two attached hydrogens (primary N) is 1. The lowest BCUT2D eigenvalue weighted by Crippen LogP contribution is -2.35. The number of hydrogen-bond acceptors (Lipinski definition) is 3. The number of carbonyl (C=O) groups is 1. The summed E-state index contributed by atoms with van der Waals surface area (Å²) < 4.78 is 0. The van der Waals surface area contributed by atoms with Crippen molar-refractivity contribution in [2.45, 2.75) is 6.42 Å². The second-order valence-corrected chi connectivity index (χ2v) is 3.82. The van der Waals surface area contributed by atoms with Gasteiger partial charge in [-0.15, -0.1) is 0 Å². The first-order valence-electron chi connectivity index (χ1n) is 5.24. The van der Waals surface area contributed by atoms with Crippen LogP contribution in [-0.2, 0) is 11.2 Å². The van der Waals surface area contributed by atoms with Crippen molar-refractivity contribution in [3.63, 3.8) is 0 Å². The van der Waals surface area contributed by atoms with E-state index in [2.05, 4.69) is 0 Å². The molecular weight excluding hydrogens is 206 g/mol. The third-order valence-electron chi connectivity index (χ3n) is 2.70. The molecule has 0 aliphatic carbocycles. The topological polar surface area (TPSA) is 83.6 Å². The minimum atomic E-state index is -0.530. The third-order valence-corrected chi connectivity index (χ3v) is 2.70. The first-order chi connectivity index (χ1) is 7.69. The summed E-state index contributed by atoms with van der Waals surface area (Å²) in [6.07, 6.45) is 0.446. The van der Waals surface area contributed by atoms with Crippen LogP contribution in [0.15, 0.2) is 30.3 Å². The largest absolute Gasteiger partial charge is 0.396 e. The molecule has 16 heavy (non-hydrogen) atoms. The number of aliphatic hydroxyl groups excluding tert-OH is 2. The van der Waals surface area contributed by atoms with Gasteiger partial charge in [-0.25, -0.2) is 0 Å². The Morgan fingerprint density at radius 2 is 1.75 bits per heavy atom. The normalized spacial score (nSPS) is 12.7. The second kappa shape index (κ2) is 6.25. The van der Waals surface area contributed by atoms with Crippen LogP contribution in [0.1, 0.15) is 5.56 Å². The van der Waals surface area contributed by atoms with Crippen LogP contribution in [0.5, 0.6) is 0 Å². The van der Waals surface area contributed by atoms with Gasteiger partial charge in [0.25, 0.3) is 0 Å². The van der Waals surface area contributed by atoms with Crippen molar-refractivity contribution in [3.05, 3.63) is 35.9 Å². The molecule has 0 fully saturated rings. The molecule has 1 unspecified atom stereocenters. The van der Waals surface area contributed by atoms with Crippen LogP contribution < -0.4 is 5.73 Å². The van der Waals surface area contributed by atoms with E-state index < -0.39 is 17.7 Å². The Labute approximate surface area is 94.7 Å². The Morgan fingerprint density at radius 1 is 1.19 bits per heavy atom. The monoisotopic (exact) mass is 223 g/mol. The predicted octanol–water partition coefficient (Wildman–Crippen LogP) is -0.0686. The minimum absolute atomic E-state index is 0.239. The summed E-state index contributed by atoms with van der Waals surface area (Å²) >= 11 is 0. The van der Waals surface area contributed by atoms with Gasteiger partial charge in [-0.05, 0) is 12.0 Å². The van der Waals surface area contributed by atoms with E-state index in [-0.39, 0.29) is 13.2 Å². The molecule has 0 spiro atoms. The van der Waals surface area contributed by atoms with Gasteiger partial charge in [0.1, 0.15) is 0 Å². The van der Waals surface area contributed by atoms with Crippen LogP contribution in [0.25, 0.3) is 0 Å². The van der Waals surface area contributed by atoms with E-state index >= 15 is 0 Å². The maximum Gasteiger partial charge on any atom is 0.221 e. The fraction of sp³-hybridized carbons (Fsp3) is 0.417. The van der Waals surface area contributed by atoms with Crippen molar-refractivity contribution < 1.29 is 15.0 Å². The third kappa shape index (κ3) is 3.32. The molecule has 4 heteroatoms. The van der Waals surface area contributed by atoms with Gasteiger partial charge in [-0.1, -0.05) is 30.3 Å². The summed E-state index contributed by atoms with van der Waals surface area (Å²) in [4.78, 5) is 11.3. The SMILES string of the molecule is NC(=O)C(Cc1ccccc1)C(CO)CO. The van der Waals surface area contributed by atoms with Crippen LogP contribution in [0.2, 0.25) is 0 Å². The molecule has 0 bridgehead atoms. The summed E-state index contributed by atoms with van der Waals surface area (Å²) in [5.74, 6) is -1.51. The lowest BCUT2D eigenvalue weighted by atomic mass is 9.87. The van der Waals surface area contributed by atoms with Gasteiger partial charge in [0.05, 0.1) is 0 Å². The molecule has 1 aromatic carbocycles. The van der Waals surface area contributed by atoms with E-state index in [9.17, 15) is 4.79 Å². The van der Waals surface area contributed by atoms with Crippen LogP contribution in [0.4, 0.5) is 0 Å². The highest BCUT2D eigenvalue weighted by Gasteiger charge is 2.25. The van der Waals surface area contributed by atoms with Crippen molar-refractivity contribution >= 4 is 5.91 Å². The fourth-order valence-corrected chi connectivity index (χ4v) is 1.68. The molecule has 1 aromatic rings. The molecule has 4 nitrogen and oxygen atoms in total. The van der Waals surface area contributed by atoms with Crippen molar-refractivity contribution in [3.8, 4) is 0 Å². The lowest BCUT2D eigenvalue weighted by molar-refractivity contribution is -0.124. The van der Waals surface area contributed by atoms with Crippen LogP contribution in [0.3, 0.4) is 0 Å². The maximum absolute atomic E-state index is 11.3. The molecule has 0 saturated heterocycles. The van der Waals surface area contributed by atoms with Crippen molar-refractivity contribution in [1.82, 2.24) is 0 Å². The molecule has 1 amide bonds. The van der Waals surface area contributed by atoms with Gasteiger partial charge in [-0.3, -0.25) is 4.79 Å². The highest BCUT2D eigenvalue weighted by atomic mass is 16.3. The lowest BCUT2D eigenvalue weighted by Gasteiger charge is -2.20. The van der Waals surface area contributed by atoms with Gasteiger partial charge < -0.3 is 15.9 Å². The average molecular weight is 223 g/mol. The highest BCUT2D eigenvalue weighted by Crippen LogP contribution is 2.17. The smallest absolute Gasteiger partial charge is 0.221 e. The van der Waals surface area contributed by atoms with Gasteiger partial charge in [-0.2, -0.15) is 0 Å². The molecule has 0 aliphatic heterocycles. The standard InChI is InChI=1S/C12H17NO3/c13-12(16)11(10(7-14)8-15)6-9-4-2-1-3-5-9/h1-5,10-11,14-15H,6-8H2,(H2,13,16). The number of amides is 1. The average Bonchev–Trinajstić information content (AvgIpc) is 2.30. The summed E-state index contributed by atoms with van der Waals surface area (Å²) in [6.45, 7) is -0.478. The number of hydrogen-bond donors (Lipinski definition) is 3. The number of primary amides is 1. The van der Waals surface area contributed by atoms with Crippen LogP contribution >= 0.6 is 0 Å². The molecule has 1 rings (SSSR count). The zero-order valence-electron chi connectivity index (χ0n) is 9.04. The van der Waals surface area contributed by atoms with E-state index in [0.29, 0.717) is 6.42 Å². The molecule has 0 radical (unpaired) electrons. The number of carbonyl (C=O) groups excluding carboxylic acids is 1. The summed E-state index contributed by atoms with van der Waals surface area (Å²) in [7, 11) is 0. The van der Waals surface area contributed by atoms with Gasteiger partial charge in [0.15, 0.2) is 0 Å². The summed E-state index contributed by atoms with van der Waals surface area (Å²) in [6, 6.07) is 9.42. The van der Waals surface area contributed by atoms with Gasteiger partial charge >= 0.3 is 0 Å². The zero-order valence-corrected chi connectivity index (χ0v) is 9.04. The molecule has 0 aromatic heterocycles. The Morgan fingerprint density at radius 3 is 2.19 bits per heavy atom. The molecule has 0 aliphatic rings. The minimum Gasteiger partial charge on any atom is -0.396 e. The first-order valence-corrected chi connectivity index (χ1v) is 5.24. The Kier molecular flexibility index (Phi) is 4.95. The molecule has 4 N–H and O–H groups in total. The van der Waals surface area contributed by atoms with E-state index in [4.69, 9.17) is 15.9 Å². The Bertz CT molecular complexity index is 322. The van der Waals surface area contributed by atoms with Crippen LogP contribution in [0, 0.1) is 11.8 Å². The Hall–Kier alpha value is -1.39. The van der Waals surface area contributed by atoms with Gasteiger partial charge in [0.2, 0.25) is 5.91 Å². The molecule has 0 heterocycles. The summed E-state index contributed by atoms with van der Waals surface area (Å²) in [5.41, 5.74) is 6.25. The zero-order chi connectivity index (χ0) is 12.0. The summed E-state index contributed by atoms with van der Waals surface area (Å²) in [5, 5.41) is 18.1. The fourth-order valence-electron chi connectivity index (χ4n) is 1.68. The van der Waals surface area contributed by atoms with Crippen molar-refractivity contribution in [1.29, 1.82) is 0 Å². The van der Waals surface area contributed by atoms with E-state index in [1.165, 1.54) is 0 Å². The Balaban J connectivity index is 2.76. The quantitative estimate of drug-likeness (QED) is 0.631. The molecule has 1 atom stereocenters. The van der Waals surface area contributed by atoms with E-state index in [1.807, 2.05) is 30.3 Å². The number of benzene rings is 1. The van der Waals surface area contributed by atoms with Crippen molar-refractivity contribution in [2.24, 2.45) is 17.6 Å². The molecule has 0 saturated carbocycles. The van der Waals surface area contributed by atoms with Crippen LogP contribution in [-0.4, -0.2) is 29.3 Å². The molecular formula is C12H17NO3.